The number of para-hydroxylation sites is 1. The van der Waals surface area contributed by atoms with Crippen LogP contribution in [0.25, 0.3) is 21.8 Å². The van der Waals surface area contributed by atoms with Crippen molar-refractivity contribution >= 4 is 43.4 Å². The Hall–Kier alpha value is -3.43. The van der Waals surface area contributed by atoms with Crippen LogP contribution in [0.15, 0.2) is 75.9 Å². The van der Waals surface area contributed by atoms with Crippen LogP contribution in [0.5, 0.6) is 5.75 Å². The first-order valence-corrected chi connectivity index (χ1v) is 9.23. The maximum atomic E-state index is 11.7. The second-order valence-electron chi connectivity index (χ2n) is 5.68. The van der Waals surface area contributed by atoms with E-state index in [9.17, 15) is 18.1 Å². The van der Waals surface area contributed by atoms with Crippen LogP contribution in [0.3, 0.4) is 0 Å². The molecule has 2 aromatic carbocycles. The molecule has 0 saturated carbocycles. The number of azo groups is 1. The number of hydrogen-bond acceptors (Lipinski definition) is 7. The van der Waals surface area contributed by atoms with E-state index in [2.05, 4.69) is 20.2 Å². The molecule has 0 fully saturated rings. The minimum Gasteiger partial charge on any atom is -0.504 e. The number of aromatic nitrogens is 2. The minimum absolute atomic E-state index is 0.00644. The van der Waals surface area contributed by atoms with Crippen LogP contribution in [0.2, 0.25) is 0 Å². The highest BCUT2D eigenvalue weighted by atomic mass is 32.2. The van der Waals surface area contributed by atoms with Gasteiger partial charge in [0, 0.05) is 17.0 Å². The maximum Gasteiger partial charge on any atom is 0.295 e. The first kappa shape index (κ1) is 17.0. The van der Waals surface area contributed by atoms with Crippen molar-refractivity contribution in [1.29, 1.82) is 0 Å². The maximum absolute atomic E-state index is 11.7. The van der Waals surface area contributed by atoms with E-state index >= 15 is 0 Å². The highest BCUT2D eigenvalue weighted by molar-refractivity contribution is 7.86. The Kier molecular flexibility index (Phi) is 4.02. The lowest BCUT2D eigenvalue weighted by molar-refractivity contribution is 0.479. The molecule has 2 N–H and O–H groups in total. The third-order valence-corrected chi connectivity index (χ3v) is 4.82. The molecule has 2 heterocycles. The third-order valence-electron chi connectivity index (χ3n) is 3.93. The first-order chi connectivity index (χ1) is 12.9. The highest BCUT2D eigenvalue weighted by Crippen LogP contribution is 2.38. The highest BCUT2D eigenvalue weighted by Gasteiger charge is 2.20. The predicted octanol–water partition coefficient (Wildman–Crippen LogP) is 4.15. The van der Waals surface area contributed by atoms with Crippen molar-refractivity contribution in [2.45, 2.75) is 4.90 Å². The lowest BCUT2D eigenvalue weighted by atomic mass is 10.2. The van der Waals surface area contributed by atoms with Gasteiger partial charge in [-0.1, -0.05) is 18.2 Å². The molecule has 0 unspecified atom stereocenters. The lowest BCUT2D eigenvalue weighted by Gasteiger charge is -2.07. The van der Waals surface area contributed by atoms with Crippen molar-refractivity contribution in [1.82, 2.24) is 9.97 Å². The van der Waals surface area contributed by atoms with E-state index in [4.69, 9.17) is 0 Å². The largest absolute Gasteiger partial charge is 0.504 e. The van der Waals surface area contributed by atoms with Crippen molar-refractivity contribution in [2.24, 2.45) is 10.2 Å². The van der Waals surface area contributed by atoms with Gasteiger partial charge in [0.05, 0.1) is 5.52 Å². The quantitative estimate of drug-likeness (QED) is 0.406. The Morgan fingerprint density at radius 3 is 2.59 bits per heavy atom. The molecule has 27 heavy (non-hydrogen) atoms. The SMILES string of the molecule is O=S(=O)(O)c1cc(/N=N/c2ccc3ccccc3n2)c(O)c2ncccc12. The Morgan fingerprint density at radius 2 is 1.78 bits per heavy atom. The van der Waals surface area contributed by atoms with Gasteiger partial charge in [0.15, 0.2) is 11.6 Å². The zero-order valence-corrected chi connectivity index (χ0v) is 14.5. The Balaban J connectivity index is 1.85. The van der Waals surface area contributed by atoms with E-state index in [1.54, 1.807) is 6.07 Å². The molecule has 0 saturated heterocycles. The zero-order valence-electron chi connectivity index (χ0n) is 13.7. The molecule has 0 amide bonds. The van der Waals surface area contributed by atoms with Crippen LogP contribution in [-0.4, -0.2) is 28.0 Å². The smallest absolute Gasteiger partial charge is 0.295 e. The van der Waals surface area contributed by atoms with Gasteiger partial charge in [0.25, 0.3) is 10.1 Å². The van der Waals surface area contributed by atoms with E-state index in [0.29, 0.717) is 0 Å². The van der Waals surface area contributed by atoms with Gasteiger partial charge in [-0.25, -0.2) is 4.98 Å². The Bertz CT molecular complexity index is 1320. The van der Waals surface area contributed by atoms with Crippen LogP contribution in [0.1, 0.15) is 0 Å². The molecule has 9 heteroatoms. The fourth-order valence-electron chi connectivity index (χ4n) is 2.69. The van der Waals surface area contributed by atoms with Crippen molar-refractivity contribution < 1.29 is 18.1 Å². The molecule has 134 valence electrons. The van der Waals surface area contributed by atoms with Crippen molar-refractivity contribution in [3.8, 4) is 5.75 Å². The van der Waals surface area contributed by atoms with Gasteiger partial charge >= 0.3 is 0 Å². The summed E-state index contributed by atoms with van der Waals surface area (Å²) in [6.07, 6.45) is 1.39. The van der Waals surface area contributed by atoms with Crippen LogP contribution in [0, 0.1) is 0 Å². The van der Waals surface area contributed by atoms with Crippen LogP contribution < -0.4 is 0 Å². The molecular weight excluding hydrogens is 368 g/mol. The summed E-state index contributed by atoms with van der Waals surface area (Å²) >= 11 is 0. The number of phenols is 1. The molecule has 0 atom stereocenters. The van der Waals surface area contributed by atoms with Gasteiger partial charge in [-0.3, -0.25) is 9.54 Å². The van der Waals surface area contributed by atoms with E-state index in [-0.39, 0.29) is 28.2 Å². The number of benzene rings is 2. The number of pyridine rings is 2. The predicted molar refractivity (Wildman–Crippen MR) is 99.1 cm³/mol. The average molecular weight is 380 g/mol. The lowest BCUT2D eigenvalue weighted by Crippen LogP contribution is -1.99. The number of phenolic OH excluding ortho intramolecular Hbond substituents is 1. The normalized spacial score (nSPS) is 12.2. The fraction of sp³-hybridized carbons (Fsp3) is 0. The Morgan fingerprint density at radius 1 is 0.963 bits per heavy atom. The van der Waals surface area contributed by atoms with Crippen LogP contribution >= 0.6 is 0 Å². The molecule has 4 aromatic rings. The van der Waals surface area contributed by atoms with Gasteiger partial charge in [-0.2, -0.15) is 8.42 Å². The average Bonchev–Trinajstić information content (AvgIpc) is 2.66. The molecular formula is C18H12N4O4S. The second kappa shape index (κ2) is 6.38. The summed E-state index contributed by atoms with van der Waals surface area (Å²) in [5, 5.41) is 19.3. The molecule has 4 rings (SSSR count). The first-order valence-electron chi connectivity index (χ1n) is 7.79. The summed E-state index contributed by atoms with van der Waals surface area (Å²) in [4.78, 5) is 7.88. The summed E-state index contributed by atoms with van der Waals surface area (Å²) in [6, 6.07) is 14.9. The van der Waals surface area contributed by atoms with Crippen LogP contribution in [-0.2, 0) is 10.1 Å². The van der Waals surface area contributed by atoms with Gasteiger partial charge in [0.1, 0.15) is 16.1 Å². The van der Waals surface area contributed by atoms with Gasteiger partial charge in [-0.05, 0) is 36.4 Å². The molecule has 8 nitrogen and oxygen atoms in total. The molecule has 0 bridgehead atoms. The fourth-order valence-corrected chi connectivity index (χ4v) is 3.39. The third kappa shape index (κ3) is 3.21. The monoisotopic (exact) mass is 380 g/mol. The topological polar surface area (TPSA) is 125 Å². The summed E-state index contributed by atoms with van der Waals surface area (Å²) in [6.45, 7) is 0. The van der Waals surface area contributed by atoms with Gasteiger partial charge in [0.2, 0.25) is 0 Å². The molecule has 0 aliphatic heterocycles. The number of rotatable bonds is 3. The van der Waals surface area contributed by atoms with Crippen molar-refractivity contribution in [3.63, 3.8) is 0 Å². The van der Waals surface area contributed by atoms with Crippen molar-refractivity contribution in [2.75, 3.05) is 0 Å². The summed E-state index contributed by atoms with van der Waals surface area (Å²) < 4.78 is 32.9. The van der Waals surface area contributed by atoms with E-state index in [0.717, 1.165) is 17.0 Å². The molecule has 0 aliphatic carbocycles. The molecule has 0 spiro atoms. The summed E-state index contributed by atoms with van der Waals surface area (Å²) in [7, 11) is -4.55. The van der Waals surface area contributed by atoms with E-state index < -0.39 is 15.0 Å². The minimum atomic E-state index is -4.55. The van der Waals surface area contributed by atoms with E-state index in [1.165, 1.54) is 18.3 Å². The number of hydrogen-bond donors (Lipinski definition) is 2. The Labute approximate surface area is 153 Å². The number of aromatic hydroxyl groups is 1. The summed E-state index contributed by atoms with van der Waals surface area (Å²) in [5.74, 6) is -0.0647. The van der Waals surface area contributed by atoms with Crippen molar-refractivity contribution in [3.05, 3.63) is 60.8 Å². The van der Waals surface area contributed by atoms with E-state index in [1.807, 2.05) is 30.3 Å². The van der Waals surface area contributed by atoms with Gasteiger partial charge in [-0.15, -0.1) is 10.2 Å². The number of fused-ring (bicyclic) bond motifs is 2. The molecule has 2 aromatic heterocycles. The second-order valence-corrected chi connectivity index (χ2v) is 7.07. The van der Waals surface area contributed by atoms with Gasteiger partial charge < -0.3 is 5.11 Å². The molecule has 0 aliphatic rings. The summed E-state index contributed by atoms with van der Waals surface area (Å²) in [5.41, 5.74) is 0.564. The standard InChI is InChI=1S/C18H12N4O4S/c23-18-14(10-15(27(24,25)26)12-5-3-9-19-17(12)18)21-22-16-8-7-11-4-1-2-6-13(11)20-16/h1-10,23H,(H,24,25,26)/b22-21+. The number of nitrogens with zero attached hydrogens (tertiary/aromatic N) is 4. The van der Waals surface area contributed by atoms with Crippen LogP contribution in [0.4, 0.5) is 11.5 Å². The molecule has 0 radical (unpaired) electrons. The zero-order chi connectivity index (χ0) is 19.0.